The van der Waals surface area contributed by atoms with E-state index in [-0.39, 0.29) is 18.3 Å². The van der Waals surface area contributed by atoms with Crippen LogP contribution in [0, 0.1) is 6.92 Å². The van der Waals surface area contributed by atoms with E-state index in [1.54, 1.807) is 30.3 Å². The van der Waals surface area contributed by atoms with Crippen LogP contribution >= 0.6 is 0 Å². The zero-order valence-electron chi connectivity index (χ0n) is 12.0. The molecule has 1 amide bonds. The number of amides is 1. The number of nitrogens with one attached hydrogen (secondary N) is 1. The Morgan fingerprint density at radius 2 is 1.67 bits per heavy atom. The smallest absolute Gasteiger partial charge is 0.255 e. The molecule has 0 saturated heterocycles. The molecule has 0 aliphatic rings. The summed E-state index contributed by atoms with van der Waals surface area (Å²) in [5.74, 6) is -0.281. The lowest BCUT2D eigenvalue weighted by Crippen LogP contribution is -2.13. The van der Waals surface area contributed by atoms with Gasteiger partial charge in [0.25, 0.3) is 5.91 Å². The average Bonchev–Trinajstić information content (AvgIpc) is 2.49. The molecule has 0 saturated carbocycles. The summed E-state index contributed by atoms with van der Waals surface area (Å²) >= 11 is 0. The van der Waals surface area contributed by atoms with Crippen LogP contribution in [0.4, 0.5) is 5.69 Å². The third-order valence-corrected chi connectivity index (χ3v) is 3.29. The van der Waals surface area contributed by atoms with Gasteiger partial charge >= 0.3 is 0 Å². The van der Waals surface area contributed by atoms with Crippen molar-refractivity contribution in [3.8, 4) is 0 Å². The summed E-state index contributed by atoms with van der Waals surface area (Å²) < 4.78 is 0. The predicted molar refractivity (Wildman–Crippen MR) is 81.5 cm³/mol. The molecule has 0 aromatic heterocycles. The molecule has 0 aliphatic carbocycles. The fraction of sp³-hybridized carbons (Fsp3) is 0.176. The number of carbonyl (C=O) groups is 2. The summed E-state index contributed by atoms with van der Waals surface area (Å²) in [6, 6.07) is 11.9. The van der Waals surface area contributed by atoms with Crippen molar-refractivity contribution in [2.75, 3.05) is 5.32 Å². The maximum Gasteiger partial charge on any atom is 0.255 e. The molecule has 0 unspecified atom stereocenters. The quantitative estimate of drug-likeness (QED) is 0.848. The van der Waals surface area contributed by atoms with E-state index in [9.17, 15) is 9.59 Å². The summed E-state index contributed by atoms with van der Waals surface area (Å²) in [5, 5.41) is 12.0. The number of aliphatic hydroxyl groups excluding tert-OH is 1. The van der Waals surface area contributed by atoms with E-state index in [1.807, 2.05) is 19.1 Å². The van der Waals surface area contributed by atoms with Gasteiger partial charge in [-0.05, 0) is 43.2 Å². The number of hydrogen-bond donors (Lipinski definition) is 2. The van der Waals surface area contributed by atoms with Crippen molar-refractivity contribution >= 4 is 17.4 Å². The summed E-state index contributed by atoms with van der Waals surface area (Å²) in [5.41, 5.74) is 3.38. The second-order valence-electron chi connectivity index (χ2n) is 4.90. The van der Waals surface area contributed by atoms with Crippen LogP contribution in [-0.2, 0) is 6.61 Å². The molecule has 0 heterocycles. The third-order valence-electron chi connectivity index (χ3n) is 3.29. The van der Waals surface area contributed by atoms with Crippen molar-refractivity contribution in [1.29, 1.82) is 0 Å². The van der Waals surface area contributed by atoms with Crippen LogP contribution in [0.25, 0.3) is 0 Å². The Morgan fingerprint density at radius 1 is 1.05 bits per heavy atom. The minimum Gasteiger partial charge on any atom is -0.392 e. The van der Waals surface area contributed by atoms with Crippen molar-refractivity contribution < 1.29 is 14.7 Å². The molecule has 2 N–H and O–H groups in total. The van der Waals surface area contributed by atoms with Crippen molar-refractivity contribution in [2.24, 2.45) is 0 Å². The van der Waals surface area contributed by atoms with E-state index in [4.69, 9.17) is 5.11 Å². The molecule has 2 rings (SSSR count). The Balaban J connectivity index is 2.19. The normalized spacial score (nSPS) is 10.2. The first-order valence-corrected chi connectivity index (χ1v) is 6.64. The molecular formula is C17H17NO3. The summed E-state index contributed by atoms with van der Waals surface area (Å²) in [6.45, 7) is 3.30. The molecule has 0 bridgehead atoms. The minimum absolute atomic E-state index is 0.0338. The number of anilines is 1. The van der Waals surface area contributed by atoms with Crippen molar-refractivity contribution in [2.45, 2.75) is 20.5 Å². The van der Waals surface area contributed by atoms with Gasteiger partial charge in [-0.15, -0.1) is 0 Å². The molecule has 108 valence electrons. The molecule has 21 heavy (non-hydrogen) atoms. The third kappa shape index (κ3) is 3.55. The second kappa shape index (κ2) is 6.33. The number of hydrogen-bond acceptors (Lipinski definition) is 3. The van der Waals surface area contributed by atoms with Crippen LogP contribution in [0.2, 0.25) is 0 Å². The summed E-state index contributed by atoms with van der Waals surface area (Å²) in [6.07, 6.45) is 0. The Labute approximate surface area is 123 Å². The van der Waals surface area contributed by atoms with E-state index < -0.39 is 0 Å². The minimum atomic E-state index is -0.247. The van der Waals surface area contributed by atoms with Gasteiger partial charge in [0.05, 0.1) is 6.61 Å². The van der Waals surface area contributed by atoms with Gasteiger partial charge in [-0.3, -0.25) is 9.59 Å². The number of aliphatic hydroxyl groups is 1. The summed E-state index contributed by atoms with van der Waals surface area (Å²) in [4.78, 5) is 23.4. The lowest BCUT2D eigenvalue weighted by atomic mass is 10.1. The van der Waals surface area contributed by atoms with Crippen LogP contribution in [0.15, 0.2) is 42.5 Å². The van der Waals surface area contributed by atoms with Crippen LogP contribution in [0.3, 0.4) is 0 Å². The molecule has 4 nitrogen and oxygen atoms in total. The first-order valence-electron chi connectivity index (χ1n) is 6.64. The number of carbonyl (C=O) groups excluding carboxylic acids is 2. The van der Waals surface area contributed by atoms with Crippen molar-refractivity contribution in [3.63, 3.8) is 0 Å². The number of ketones is 1. The van der Waals surface area contributed by atoms with Gasteiger partial charge in [0.1, 0.15) is 0 Å². The van der Waals surface area contributed by atoms with E-state index in [2.05, 4.69) is 5.32 Å². The van der Waals surface area contributed by atoms with Crippen molar-refractivity contribution in [3.05, 3.63) is 64.7 Å². The van der Waals surface area contributed by atoms with E-state index in [0.717, 1.165) is 11.1 Å². The van der Waals surface area contributed by atoms with Gasteiger partial charge in [-0.25, -0.2) is 0 Å². The maximum atomic E-state index is 12.2. The van der Waals surface area contributed by atoms with E-state index in [1.165, 1.54) is 6.92 Å². The average molecular weight is 283 g/mol. The molecule has 0 atom stereocenters. The topological polar surface area (TPSA) is 66.4 Å². The van der Waals surface area contributed by atoms with Gasteiger partial charge in [-0.1, -0.05) is 24.3 Å². The molecule has 0 aliphatic heterocycles. The highest BCUT2D eigenvalue weighted by Crippen LogP contribution is 2.18. The second-order valence-corrected chi connectivity index (χ2v) is 4.90. The molecule has 4 heteroatoms. The lowest BCUT2D eigenvalue weighted by Gasteiger charge is -2.10. The zero-order valence-corrected chi connectivity index (χ0v) is 12.0. The SMILES string of the molecule is CC(=O)c1ccc(C(=O)Nc2cc(CO)ccc2C)cc1. The Kier molecular flexibility index (Phi) is 4.50. The molecular weight excluding hydrogens is 266 g/mol. The Morgan fingerprint density at radius 3 is 2.24 bits per heavy atom. The highest BCUT2D eigenvalue weighted by molar-refractivity contribution is 6.05. The molecule has 2 aromatic carbocycles. The highest BCUT2D eigenvalue weighted by Gasteiger charge is 2.09. The highest BCUT2D eigenvalue weighted by atomic mass is 16.3. The molecule has 0 fully saturated rings. The van der Waals surface area contributed by atoms with Gasteiger partial charge in [0.2, 0.25) is 0 Å². The van der Waals surface area contributed by atoms with Crippen LogP contribution in [0.1, 0.15) is 38.8 Å². The van der Waals surface area contributed by atoms with E-state index >= 15 is 0 Å². The van der Waals surface area contributed by atoms with Gasteiger partial charge in [-0.2, -0.15) is 0 Å². The van der Waals surface area contributed by atoms with Crippen LogP contribution in [0.5, 0.6) is 0 Å². The monoisotopic (exact) mass is 283 g/mol. The van der Waals surface area contributed by atoms with Crippen molar-refractivity contribution in [1.82, 2.24) is 0 Å². The van der Waals surface area contributed by atoms with Crippen LogP contribution < -0.4 is 5.32 Å². The number of Topliss-reactive ketones (excluding diaryl/α,β-unsaturated/α-hetero) is 1. The maximum absolute atomic E-state index is 12.2. The van der Waals surface area contributed by atoms with E-state index in [0.29, 0.717) is 16.8 Å². The Bertz CT molecular complexity index is 675. The Hall–Kier alpha value is -2.46. The first kappa shape index (κ1) is 14.9. The van der Waals surface area contributed by atoms with Gasteiger partial charge < -0.3 is 10.4 Å². The number of aryl methyl sites for hydroxylation is 1. The summed E-state index contributed by atoms with van der Waals surface area (Å²) in [7, 11) is 0. The first-order chi connectivity index (χ1) is 10.0. The fourth-order valence-electron chi connectivity index (χ4n) is 1.95. The molecule has 2 aromatic rings. The van der Waals surface area contributed by atoms with Crippen LogP contribution in [-0.4, -0.2) is 16.8 Å². The lowest BCUT2D eigenvalue weighted by molar-refractivity contribution is 0.100. The molecule has 0 radical (unpaired) electrons. The number of rotatable bonds is 4. The largest absolute Gasteiger partial charge is 0.392 e. The van der Waals surface area contributed by atoms with Gasteiger partial charge in [0.15, 0.2) is 5.78 Å². The fourth-order valence-corrected chi connectivity index (χ4v) is 1.95. The molecule has 0 spiro atoms. The standard InChI is InChI=1S/C17H17NO3/c1-11-3-4-13(10-19)9-16(11)18-17(21)15-7-5-14(6-8-15)12(2)20/h3-9,19H,10H2,1-2H3,(H,18,21). The van der Waals surface area contributed by atoms with Gasteiger partial charge in [0, 0.05) is 16.8 Å². The zero-order chi connectivity index (χ0) is 15.4. The predicted octanol–water partition coefficient (Wildman–Crippen LogP) is 2.94. The number of benzene rings is 2.